The molecule has 1 amide bonds. The molecule has 2 aromatic rings. The Bertz CT molecular complexity index is 1290. The fourth-order valence-corrected chi connectivity index (χ4v) is 9.32. The highest BCUT2D eigenvalue weighted by Gasteiger charge is 2.41. The summed E-state index contributed by atoms with van der Waals surface area (Å²) in [6.07, 6.45) is 2.49. The Labute approximate surface area is 318 Å². The summed E-state index contributed by atoms with van der Waals surface area (Å²) in [5, 5.41) is 19.0. The van der Waals surface area contributed by atoms with E-state index in [4.69, 9.17) is 14.2 Å². The zero-order valence-corrected chi connectivity index (χ0v) is 35.5. The summed E-state index contributed by atoms with van der Waals surface area (Å²) in [6, 6.07) is 9.25. The van der Waals surface area contributed by atoms with Gasteiger partial charge in [-0.1, -0.05) is 83.1 Å². The maximum absolute atomic E-state index is 12.9. The second-order valence-electron chi connectivity index (χ2n) is 17.8. The molecule has 51 heavy (non-hydrogen) atoms. The Hall–Kier alpha value is -2.07. The number of thioether (sulfide) groups is 2. The molecule has 9 heteroatoms. The molecule has 0 unspecified atom stereocenters. The summed E-state index contributed by atoms with van der Waals surface area (Å²) in [5.74, 6) is 1.85. The third kappa shape index (κ3) is 11.7. The van der Waals surface area contributed by atoms with Crippen molar-refractivity contribution >= 4 is 29.6 Å². The Morgan fingerprint density at radius 2 is 1.00 bits per heavy atom. The van der Waals surface area contributed by atoms with Crippen LogP contribution in [0.15, 0.2) is 34.1 Å². The van der Waals surface area contributed by atoms with Crippen LogP contribution in [0.25, 0.3) is 0 Å². The maximum Gasteiger partial charge on any atom is 0.409 e. The molecule has 1 aliphatic heterocycles. The third-order valence-electron chi connectivity index (χ3n) is 9.11. The molecule has 1 aliphatic rings. The molecule has 0 aromatic heterocycles. The summed E-state index contributed by atoms with van der Waals surface area (Å²) in [7, 11) is 0. The maximum atomic E-state index is 12.9. The van der Waals surface area contributed by atoms with Gasteiger partial charge in [-0.2, -0.15) is 0 Å². The molecule has 0 radical (unpaired) electrons. The van der Waals surface area contributed by atoms with E-state index in [2.05, 4.69) is 107 Å². The molecule has 288 valence electrons. The van der Waals surface area contributed by atoms with E-state index in [1.165, 1.54) is 9.79 Å². The van der Waals surface area contributed by atoms with Gasteiger partial charge < -0.3 is 29.3 Å². The lowest BCUT2D eigenvalue weighted by Gasteiger charge is -2.41. The van der Waals surface area contributed by atoms with E-state index >= 15 is 0 Å². The fraction of sp³-hybridized carbons (Fsp3) is 0.690. The summed E-state index contributed by atoms with van der Waals surface area (Å²) < 4.78 is 18.1. The number of carbonyl (C=O) groups excluding carboxylic acids is 1. The highest BCUT2D eigenvalue weighted by atomic mass is 32.2. The summed E-state index contributed by atoms with van der Waals surface area (Å²) >= 11 is 3.82. The molecule has 3 rings (SSSR count). The molecule has 7 nitrogen and oxygen atoms in total. The average Bonchev–Trinajstić information content (AvgIpc) is 3.00. The first-order valence-electron chi connectivity index (χ1n) is 18.7. The number of piperidine rings is 1. The number of nitrogens with zero attached hydrogens (tertiary/aromatic N) is 1. The summed E-state index contributed by atoms with van der Waals surface area (Å²) in [5.41, 5.74) is 3.95. The van der Waals surface area contributed by atoms with Crippen LogP contribution in [0.3, 0.4) is 0 Å². The zero-order valence-electron chi connectivity index (χ0n) is 33.9. The first-order chi connectivity index (χ1) is 23.6. The number of carbonyl (C=O) groups is 1. The van der Waals surface area contributed by atoms with E-state index < -0.39 is 0 Å². The Balaban J connectivity index is 2.23. The van der Waals surface area contributed by atoms with Crippen LogP contribution >= 0.6 is 23.5 Å². The molecule has 0 spiro atoms. The van der Waals surface area contributed by atoms with Gasteiger partial charge in [-0.25, -0.2) is 4.79 Å². The number of hydrogen-bond donors (Lipinski definition) is 2. The molecule has 0 saturated carbocycles. The minimum Gasteiger partial charge on any atom is -0.493 e. The normalized spacial score (nSPS) is 15.5. The van der Waals surface area contributed by atoms with Gasteiger partial charge in [-0.05, 0) is 65.7 Å². The third-order valence-corrected chi connectivity index (χ3v) is 12.1. The van der Waals surface area contributed by atoms with Crippen LogP contribution in [-0.4, -0.2) is 71.4 Å². The molecular weight excluding hydrogens is 679 g/mol. The van der Waals surface area contributed by atoms with Crippen molar-refractivity contribution in [1.82, 2.24) is 4.90 Å². The smallest absolute Gasteiger partial charge is 0.409 e. The quantitative estimate of drug-likeness (QED) is 0.155. The Kier molecular flexibility index (Phi) is 14.8. The molecule has 2 aromatic carbocycles. The van der Waals surface area contributed by atoms with Gasteiger partial charge in [-0.15, -0.1) is 23.5 Å². The molecule has 2 N–H and O–H groups in total. The van der Waals surface area contributed by atoms with Gasteiger partial charge in [0, 0.05) is 71.2 Å². The number of hydrogen-bond acceptors (Lipinski definition) is 8. The van der Waals surface area contributed by atoms with Crippen LogP contribution < -0.4 is 9.47 Å². The standard InChI is InChI=1S/C42H67NO6S2/c1-14-47-37(46)43-19-17-42(18-20-43,50-29-25-31(38(2,3)4)35(48-23-15-21-44)32(26-29)39(5,6)7)51-30-27-33(40(8,9)10)36(49-24-16-22-45)34(28-30)41(11,12)13/h25-28,44-45H,14-24H2,1-13H3. The van der Waals surface area contributed by atoms with Crippen LogP contribution in [0.4, 0.5) is 4.79 Å². The van der Waals surface area contributed by atoms with Crippen LogP contribution in [-0.2, 0) is 26.4 Å². The lowest BCUT2D eigenvalue weighted by molar-refractivity contribution is 0.0993. The molecule has 1 fully saturated rings. The summed E-state index contributed by atoms with van der Waals surface area (Å²) in [4.78, 5) is 17.1. The second kappa shape index (κ2) is 17.4. The van der Waals surface area contributed by atoms with Gasteiger partial charge in [0.15, 0.2) is 0 Å². The molecule has 0 bridgehead atoms. The zero-order chi connectivity index (χ0) is 38.4. The van der Waals surface area contributed by atoms with Gasteiger partial charge >= 0.3 is 6.09 Å². The lowest BCUT2D eigenvalue weighted by Crippen LogP contribution is -2.44. The molecule has 0 atom stereocenters. The van der Waals surface area contributed by atoms with E-state index in [9.17, 15) is 15.0 Å². The van der Waals surface area contributed by atoms with Crippen molar-refractivity contribution < 1.29 is 29.2 Å². The van der Waals surface area contributed by atoms with Crippen molar-refractivity contribution in [1.29, 1.82) is 0 Å². The highest BCUT2D eigenvalue weighted by Crippen LogP contribution is 2.55. The van der Waals surface area contributed by atoms with Crippen molar-refractivity contribution in [3.05, 3.63) is 46.5 Å². The Morgan fingerprint density at radius 3 is 1.27 bits per heavy atom. The number of aliphatic hydroxyl groups excluding tert-OH is 2. The number of benzene rings is 2. The van der Waals surface area contributed by atoms with Crippen LogP contribution in [0.2, 0.25) is 0 Å². The van der Waals surface area contributed by atoms with E-state index in [1.807, 2.05) is 35.3 Å². The average molecular weight is 746 g/mol. The fourth-order valence-electron chi connectivity index (χ4n) is 6.24. The van der Waals surface area contributed by atoms with Gasteiger partial charge in [0.1, 0.15) is 11.5 Å². The predicted molar refractivity (Wildman–Crippen MR) is 214 cm³/mol. The lowest BCUT2D eigenvalue weighted by atomic mass is 9.79. The van der Waals surface area contributed by atoms with E-state index in [1.54, 1.807) is 0 Å². The predicted octanol–water partition coefficient (Wildman–Crippen LogP) is 10.2. The number of amides is 1. The molecular formula is C42H67NO6S2. The SMILES string of the molecule is CCOC(=O)N1CCC(Sc2cc(C(C)(C)C)c(OCCCO)c(C(C)(C)C)c2)(Sc2cc(C(C)(C)C)c(OCCCO)c(C(C)(C)C)c2)CC1. The minimum absolute atomic E-state index is 0.0931. The van der Waals surface area contributed by atoms with Gasteiger partial charge in [0.2, 0.25) is 0 Å². The van der Waals surface area contributed by atoms with Gasteiger partial charge in [0.25, 0.3) is 0 Å². The van der Waals surface area contributed by atoms with E-state index in [-0.39, 0.29) is 45.0 Å². The Morgan fingerprint density at radius 1 is 0.667 bits per heavy atom. The van der Waals surface area contributed by atoms with Crippen molar-refractivity contribution in [3.63, 3.8) is 0 Å². The number of aliphatic hydroxyl groups is 2. The van der Waals surface area contributed by atoms with Crippen LogP contribution in [0.1, 0.15) is 138 Å². The van der Waals surface area contributed by atoms with Crippen molar-refractivity contribution in [2.75, 3.05) is 46.1 Å². The largest absolute Gasteiger partial charge is 0.493 e. The van der Waals surface area contributed by atoms with Gasteiger partial charge in [0.05, 0.1) is 23.9 Å². The van der Waals surface area contributed by atoms with Crippen molar-refractivity contribution in [3.8, 4) is 11.5 Å². The topological polar surface area (TPSA) is 88.5 Å². The molecule has 0 aliphatic carbocycles. The van der Waals surface area contributed by atoms with Gasteiger partial charge in [-0.3, -0.25) is 0 Å². The monoisotopic (exact) mass is 745 g/mol. The minimum atomic E-state index is -0.268. The van der Waals surface area contributed by atoms with E-state index in [0.29, 0.717) is 45.8 Å². The van der Waals surface area contributed by atoms with Crippen molar-refractivity contribution in [2.24, 2.45) is 0 Å². The van der Waals surface area contributed by atoms with E-state index in [0.717, 1.165) is 46.6 Å². The molecule has 1 saturated heterocycles. The first kappa shape index (κ1) is 43.3. The number of rotatable bonds is 13. The second-order valence-corrected chi connectivity index (χ2v) is 21.0. The number of ether oxygens (including phenoxy) is 3. The first-order valence-corrected chi connectivity index (χ1v) is 20.3. The number of likely N-dealkylation sites (tertiary alicyclic amines) is 1. The van der Waals surface area contributed by atoms with Crippen molar-refractivity contribution in [2.45, 2.75) is 151 Å². The van der Waals surface area contributed by atoms with Crippen LogP contribution in [0.5, 0.6) is 11.5 Å². The molecule has 1 heterocycles. The summed E-state index contributed by atoms with van der Waals surface area (Å²) in [6.45, 7) is 31.3. The van der Waals surface area contributed by atoms with Crippen LogP contribution in [0, 0.1) is 0 Å². The highest BCUT2D eigenvalue weighted by molar-refractivity contribution is 8.18.